The van der Waals surface area contributed by atoms with Gasteiger partial charge in [-0.2, -0.15) is 4.80 Å². The van der Waals surface area contributed by atoms with Gasteiger partial charge in [0.25, 0.3) is 11.9 Å². The van der Waals surface area contributed by atoms with Gasteiger partial charge in [0, 0.05) is 17.5 Å². The van der Waals surface area contributed by atoms with Crippen LogP contribution in [0.15, 0.2) is 18.2 Å². The predicted octanol–water partition coefficient (Wildman–Crippen LogP) is 0.505. The Kier molecular flexibility index (Phi) is 4.64. The normalized spacial score (nSPS) is 9.86. The number of carbonyl (C=O) groups is 1. The van der Waals surface area contributed by atoms with Crippen LogP contribution in [0.2, 0.25) is 0 Å². The highest BCUT2D eigenvalue weighted by molar-refractivity contribution is 6.03. The fourth-order valence-electron chi connectivity index (χ4n) is 1.67. The summed E-state index contributed by atoms with van der Waals surface area (Å²) in [6.45, 7) is 1.91. The second-order valence-corrected chi connectivity index (χ2v) is 4.36. The second-order valence-electron chi connectivity index (χ2n) is 4.36. The maximum absolute atomic E-state index is 12.0. The van der Waals surface area contributed by atoms with Crippen LogP contribution in [0.25, 0.3) is 0 Å². The zero-order valence-corrected chi connectivity index (χ0v) is 11.8. The summed E-state index contributed by atoms with van der Waals surface area (Å²) < 4.78 is 0. The number of hydrogen-bond donors (Lipinski definition) is 2. The van der Waals surface area contributed by atoms with Crippen LogP contribution < -0.4 is 5.32 Å². The molecular weight excluding hydrogens is 270 g/mol. The molecule has 0 aliphatic rings. The number of aryl methyl sites for hydroxylation is 2. The molecule has 0 atom stereocenters. The summed E-state index contributed by atoms with van der Waals surface area (Å²) in [7, 11) is 1.62. The van der Waals surface area contributed by atoms with Crippen molar-refractivity contribution in [3.8, 4) is 11.8 Å². The van der Waals surface area contributed by atoms with Gasteiger partial charge in [-0.3, -0.25) is 10.1 Å². The minimum atomic E-state index is -0.305. The molecule has 1 aromatic carbocycles. The molecule has 21 heavy (non-hydrogen) atoms. The van der Waals surface area contributed by atoms with Crippen molar-refractivity contribution in [1.82, 2.24) is 20.2 Å². The highest BCUT2D eigenvalue weighted by Crippen LogP contribution is 2.11. The van der Waals surface area contributed by atoms with Gasteiger partial charge < -0.3 is 5.11 Å². The van der Waals surface area contributed by atoms with Crippen molar-refractivity contribution < 1.29 is 9.90 Å². The van der Waals surface area contributed by atoms with E-state index < -0.39 is 0 Å². The number of amides is 1. The molecule has 0 unspecified atom stereocenters. The topological polar surface area (TPSA) is 92.9 Å². The standard InChI is InChI=1S/C14H15N5O2/c1-10-9-12(7-6-11(10)5-3-4-8-20)13(21)15-14-16-18-19(2)17-14/h6-7,9,20H,4,8H2,1-2H3,(H,15,17,21). The number of aliphatic hydroxyl groups is 1. The molecule has 2 rings (SSSR count). The largest absolute Gasteiger partial charge is 0.395 e. The van der Waals surface area contributed by atoms with Crippen LogP contribution in [0, 0.1) is 18.8 Å². The predicted molar refractivity (Wildman–Crippen MR) is 76.5 cm³/mol. The van der Waals surface area contributed by atoms with E-state index in [-0.39, 0.29) is 18.5 Å². The molecule has 1 heterocycles. The number of anilines is 1. The van der Waals surface area contributed by atoms with Crippen molar-refractivity contribution in [3.05, 3.63) is 34.9 Å². The quantitative estimate of drug-likeness (QED) is 0.801. The molecule has 0 fully saturated rings. The van der Waals surface area contributed by atoms with Gasteiger partial charge in [0.1, 0.15) is 0 Å². The van der Waals surface area contributed by atoms with E-state index in [0.717, 1.165) is 11.1 Å². The van der Waals surface area contributed by atoms with Crippen LogP contribution in [0.4, 0.5) is 5.95 Å². The second kappa shape index (κ2) is 6.63. The van der Waals surface area contributed by atoms with E-state index in [1.807, 2.05) is 6.92 Å². The average molecular weight is 285 g/mol. The summed E-state index contributed by atoms with van der Waals surface area (Å²) in [5.41, 5.74) is 2.21. The Bertz CT molecular complexity index is 712. The van der Waals surface area contributed by atoms with Crippen LogP contribution in [0.1, 0.15) is 27.9 Å². The van der Waals surface area contributed by atoms with Crippen LogP contribution >= 0.6 is 0 Å². The first kappa shape index (κ1) is 14.7. The lowest BCUT2D eigenvalue weighted by atomic mass is 10.0. The van der Waals surface area contributed by atoms with E-state index in [4.69, 9.17) is 5.11 Å². The Morgan fingerprint density at radius 3 is 2.90 bits per heavy atom. The van der Waals surface area contributed by atoms with Crippen molar-refractivity contribution in [3.63, 3.8) is 0 Å². The molecule has 0 saturated carbocycles. The Labute approximate surface area is 122 Å². The highest BCUT2D eigenvalue weighted by atomic mass is 16.2. The maximum Gasteiger partial charge on any atom is 0.270 e. The van der Waals surface area contributed by atoms with Gasteiger partial charge >= 0.3 is 0 Å². The summed E-state index contributed by atoms with van der Waals surface area (Å²) in [5.74, 6) is 5.66. The fraction of sp³-hybridized carbons (Fsp3) is 0.286. The number of aromatic nitrogens is 4. The molecule has 2 N–H and O–H groups in total. The summed E-state index contributed by atoms with van der Waals surface area (Å²) in [5, 5.41) is 22.5. The third kappa shape index (κ3) is 3.87. The fourth-order valence-corrected chi connectivity index (χ4v) is 1.67. The number of rotatable bonds is 3. The molecule has 7 heteroatoms. The number of tetrazole rings is 1. The average Bonchev–Trinajstić information content (AvgIpc) is 2.86. The van der Waals surface area contributed by atoms with Gasteiger partial charge in [0.2, 0.25) is 0 Å². The van der Waals surface area contributed by atoms with Crippen LogP contribution in [-0.2, 0) is 7.05 Å². The first-order valence-corrected chi connectivity index (χ1v) is 6.36. The molecule has 0 saturated heterocycles. The summed E-state index contributed by atoms with van der Waals surface area (Å²) in [4.78, 5) is 13.3. The molecule has 108 valence electrons. The molecule has 1 aromatic heterocycles. The SMILES string of the molecule is Cc1cc(C(=O)Nc2nnn(C)n2)ccc1C#CCCO. The van der Waals surface area contributed by atoms with Crippen molar-refractivity contribution in [2.24, 2.45) is 7.05 Å². The van der Waals surface area contributed by atoms with Gasteiger partial charge in [0.15, 0.2) is 0 Å². The lowest BCUT2D eigenvalue weighted by Gasteiger charge is -2.03. The highest BCUT2D eigenvalue weighted by Gasteiger charge is 2.10. The van der Waals surface area contributed by atoms with Gasteiger partial charge in [-0.25, -0.2) is 0 Å². The Hall–Kier alpha value is -2.72. The maximum atomic E-state index is 12.0. The Morgan fingerprint density at radius 1 is 1.48 bits per heavy atom. The van der Waals surface area contributed by atoms with Gasteiger partial charge in [0.05, 0.1) is 13.7 Å². The lowest BCUT2D eigenvalue weighted by molar-refractivity contribution is 0.102. The molecule has 0 spiro atoms. The number of carbonyl (C=O) groups excluding carboxylic acids is 1. The molecule has 7 nitrogen and oxygen atoms in total. The first-order valence-electron chi connectivity index (χ1n) is 6.36. The summed E-state index contributed by atoms with van der Waals surface area (Å²) in [6, 6.07) is 5.20. The molecular formula is C14H15N5O2. The Balaban J connectivity index is 2.12. The van der Waals surface area contributed by atoms with Gasteiger partial charge in [-0.1, -0.05) is 16.9 Å². The van der Waals surface area contributed by atoms with E-state index >= 15 is 0 Å². The number of nitrogens with one attached hydrogen (secondary N) is 1. The monoisotopic (exact) mass is 285 g/mol. The third-order valence-electron chi connectivity index (χ3n) is 2.68. The van der Waals surface area contributed by atoms with E-state index in [1.165, 1.54) is 4.80 Å². The number of aliphatic hydroxyl groups excluding tert-OH is 1. The van der Waals surface area contributed by atoms with Crippen molar-refractivity contribution >= 4 is 11.9 Å². The molecule has 0 radical (unpaired) electrons. The molecule has 2 aromatic rings. The summed E-state index contributed by atoms with van der Waals surface area (Å²) >= 11 is 0. The third-order valence-corrected chi connectivity index (χ3v) is 2.68. The number of hydrogen-bond acceptors (Lipinski definition) is 5. The van der Waals surface area contributed by atoms with Crippen LogP contribution in [-0.4, -0.2) is 37.8 Å². The van der Waals surface area contributed by atoms with Gasteiger partial charge in [-0.15, -0.1) is 5.10 Å². The minimum absolute atomic E-state index is 0.0393. The van der Waals surface area contributed by atoms with Crippen molar-refractivity contribution in [1.29, 1.82) is 0 Å². The first-order chi connectivity index (χ1) is 10.1. The van der Waals surface area contributed by atoms with E-state index in [0.29, 0.717) is 12.0 Å². The number of benzene rings is 1. The summed E-state index contributed by atoms with van der Waals surface area (Å²) in [6.07, 6.45) is 0.431. The molecule has 0 aliphatic heterocycles. The van der Waals surface area contributed by atoms with Crippen LogP contribution in [0.3, 0.4) is 0 Å². The van der Waals surface area contributed by atoms with Crippen molar-refractivity contribution in [2.75, 3.05) is 11.9 Å². The lowest BCUT2D eigenvalue weighted by Crippen LogP contribution is -2.13. The minimum Gasteiger partial charge on any atom is -0.395 e. The van der Waals surface area contributed by atoms with E-state index in [2.05, 4.69) is 32.6 Å². The molecule has 0 aliphatic carbocycles. The Morgan fingerprint density at radius 2 is 2.29 bits per heavy atom. The van der Waals surface area contributed by atoms with E-state index in [1.54, 1.807) is 25.2 Å². The molecule has 1 amide bonds. The number of nitrogens with zero attached hydrogens (tertiary/aromatic N) is 4. The molecule has 0 bridgehead atoms. The van der Waals surface area contributed by atoms with Crippen molar-refractivity contribution in [2.45, 2.75) is 13.3 Å². The van der Waals surface area contributed by atoms with Crippen LogP contribution in [0.5, 0.6) is 0 Å². The zero-order valence-electron chi connectivity index (χ0n) is 11.8. The van der Waals surface area contributed by atoms with Gasteiger partial charge in [-0.05, 0) is 35.9 Å². The van der Waals surface area contributed by atoms with E-state index in [9.17, 15) is 4.79 Å². The smallest absolute Gasteiger partial charge is 0.270 e. The zero-order chi connectivity index (χ0) is 15.2.